The van der Waals surface area contributed by atoms with Gasteiger partial charge in [-0.2, -0.15) is 0 Å². The van der Waals surface area contributed by atoms with Crippen LogP contribution in [0.2, 0.25) is 0 Å². The smallest absolute Gasteiger partial charge is 0.238 e. The standard InChI is InChI=1S/C20H18N4O2S2/c1-14-4-2-3-5-17(14)20-23-12-18(27-20)19-22-10-11-24(19)13-15-6-8-16(9-7-15)28(21,25)26/h2-12H,13H2,1H3,(H2,21,25,26). The Balaban J connectivity index is 1.61. The van der Waals surface area contributed by atoms with Gasteiger partial charge in [0.05, 0.1) is 9.77 Å². The summed E-state index contributed by atoms with van der Waals surface area (Å²) in [7, 11) is -3.69. The van der Waals surface area contributed by atoms with Crippen molar-refractivity contribution in [3.63, 3.8) is 0 Å². The van der Waals surface area contributed by atoms with E-state index in [1.807, 2.05) is 29.1 Å². The van der Waals surface area contributed by atoms with Gasteiger partial charge < -0.3 is 4.57 Å². The maximum Gasteiger partial charge on any atom is 0.238 e. The third-order valence-electron chi connectivity index (χ3n) is 4.42. The largest absolute Gasteiger partial charge is 0.326 e. The number of aromatic nitrogens is 3. The summed E-state index contributed by atoms with van der Waals surface area (Å²) >= 11 is 1.60. The van der Waals surface area contributed by atoms with Crippen molar-refractivity contribution in [1.29, 1.82) is 0 Å². The molecule has 0 aliphatic heterocycles. The molecule has 28 heavy (non-hydrogen) atoms. The molecule has 4 aromatic rings. The van der Waals surface area contributed by atoms with Gasteiger partial charge in [-0.25, -0.2) is 23.5 Å². The van der Waals surface area contributed by atoms with E-state index < -0.39 is 10.0 Å². The van der Waals surface area contributed by atoms with Gasteiger partial charge in [-0.1, -0.05) is 36.4 Å². The molecule has 0 atom stereocenters. The fourth-order valence-electron chi connectivity index (χ4n) is 2.96. The second-order valence-electron chi connectivity index (χ2n) is 6.41. The van der Waals surface area contributed by atoms with Crippen LogP contribution in [0.1, 0.15) is 11.1 Å². The number of thiazole rings is 1. The molecule has 0 saturated carbocycles. The first-order chi connectivity index (χ1) is 13.4. The number of imidazole rings is 1. The van der Waals surface area contributed by atoms with Gasteiger partial charge >= 0.3 is 0 Å². The first kappa shape index (κ1) is 18.5. The number of nitrogens with two attached hydrogens (primary N) is 1. The highest BCUT2D eigenvalue weighted by Crippen LogP contribution is 2.33. The Kier molecular flexibility index (Phi) is 4.84. The third kappa shape index (κ3) is 3.75. The third-order valence-corrected chi connectivity index (χ3v) is 6.38. The lowest BCUT2D eigenvalue weighted by Crippen LogP contribution is -2.12. The predicted molar refractivity (Wildman–Crippen MR) is 110 cm³/mol. The van der Waals surface area contributed by atoms with Gasteiger partial charge in [-0.05, 0) is 30.2 Å². The van der Waals surface area contributed by atoms with Crippen molar-refractivity contribution in [1.82, 2.24) is 14.5 Å². The van der Waals surface area contributed by atoms with E-state index in [4.69, 9.17) is 5.14 Å². The van der Waals surface area contributed by atoms with E-state index in [2.05, 4.69) is 29.0 Å². The van der Waals surface area contributed by atoms with E-state index in [0.29, 0.717) is 6.54 Å². The Morgan fingerprint density at radius 1 is 1.07 bits per heavy atom. The number of rotatable bonds is 5. The molecule has 142 valence electrons. The van der Waals surface area contributed by atoms with E-state index in [-0.39, 0.29) is 4.90 Å². The second kappa shape index (κ2) is 7.31. The zero-order valence-corrected chi connectivity index (χ0v) is 16.7. The van der Waals surface area contributed by atoms with Crippen molar-refractivity contribution in [2.45, 2.75) is 18.4 Å². The minimum absolute atomic E-state index is 0.104. The summed E-state index contributed by atoms with van der Waals surface area (Å²) in [5, 5.41) is 6.11. The molecule has 2 aromatic carbocycles. The summed E-state index contributed by atoms with van der Waals surface area (Å²) in [6.45, 7) is 2.64. The molecule has 0 fully saturated rings. The maximum absolute atomic E-state index is 11.4. The molecule has 0 unspecified atom stereocenters. The van der Waals surface area contributed by atoms with Gasteiger partial charge in [0.25, 0.3) is 0 Å². The van der Waals surface area contributed by atoms with Crippen LogP contribution >= 0.6 is 11.3 Å². The van der Waals surface area contributed by atoms with Crippen LogP contribution in [0.25, 0.3) is 21.3 Å². The SMILES string of the molecule is Cc1ccccc1-c1ncc(-c2nccn2Cc2ccc(S(N)(=O)=O)cc2)s1. The molecule has 8 heteroatoms. The molecule has 0 amide bonds. The fourth-order valence-corrected chi connectivity index (χ4v) is 4.49. The van der Waals surface area contributed by atoms with E-state index in [1.54, 1.807) is 29.7 Å². The number of benzene rings is 2. The lowest BCUT2D eigenvalue weighted by molar-refractivity contribution is 0.597. The Hall–Kier alpha value is -2.81. The van der Waals surface area contributed by atoms with Crippen LogP contribution in [0, 0.1) is 6.92 Å². The van der Waals surface area contributed by atoms with Crippen LogP contribution in [0.15, 0.2) is 72.0 Å². The van der Waals surface area contributed by atoms with Crippen molar-refractivity contribution in [2.75, 3.05) is 0 Å². The summed E-state index contributed by atoms with van der Waals surface area (Å²) in [5.74, 6) is 0.827. The molecule has 0 bridgehead atoms. The van der Waals surface area contributed by atoms with Crippen molar-refractivity contribution in [3.8, 4) is 21.3 Å². The van der Waals surface area contributed by atoms with Crippen molar-refractivity contribution >= 4 is 21.4 Å². The highest BCUT2D eigenvalue weighted by atomic mass is 32.2. The lowest BCUT2D eigenvalue weighted by Gasteiger charge is -2.07. The van der Waals surface area contributed by atoms with Gasteiger partial charge in [-0.15, -0.1) is 11.3 Å². The predicted octanol–water partition coefficient (Wildman–Crippen LogP) is 3.68. The minimum atomic E-state index is -3.69. The zero-order chi connectivity index (χ0) is 19.7. The first-order valence-corrected chi connectivity index (χ1v) is 10.9. The molecular weight excluding hydrogens is 392 g/mol. The summed E-state index contributed by atoms with van der Waals surface area (Å²) in [6.07, 6.45) is 5.49. The van der Waals surface area contributed by atoms with Crippen LogP contribution in [-0.4, -0.2) is 23.0 Å². The minimum Gasteiger partial charge on any atom is -0.326 e. The maximum atomic E-state index is 11.4. The molecular formula is C20H18N4O2S2. The topological polar surface area (TPSA) is 90.9 Å². The van der Waals surface area contributed by atoms with Crippen molar-refractivity contribution in [2.24, 2.45) is 5.14 Å². The van der Waals surface area contributed by atoms with E-state index in [0.717, 1.165) is 26.8 Å². The molecule has 4 rings (SSSR count). The average molecular weight is 411 g/mol. The van der Waals surface area contributed by atoms with Crippen molar-refractivity contribution in [3.05, 3.63) is 78.2 Å². The van der Waals surface area contributed by atoms with Crippen LogP contribution < -0.4 is 5.14 Å². The van der Waals surface area contributed by atoms with Gasteiger partial charge in [-0.3, -0.25) is 0 Å². The van der Waals surface area contributed by atoms with Crippen LogP contribution in [0.3, 0.4) is 0 Å². The molecule has 2 aromatic heterocycles. The summed E-state index contributed by atoms with van der Waals surface area (Å²) in [4.78, 5) is 10.1. The molecule has 6 nitrogen and oxygen atoms in total. The molecule has 0 spiro atoms. The van der Waals surface area contributed by atoms with Crippen molar-refractivity contribution < 1.29 is 8.42 Å². The molecule has 0 radical (unpaired) electrons. The number of primary sulfonamides is 1. The normalized spacial score (nSPS) is 11.6. The molecule has 0 saturated heterocycles. The Morgan fingerprint density at radius 3 is 2.54 bits per heavy atom. The average Bonchev–Trinajstić information content (AvgIpc) is 3.31. The summed E-state index contributed by atoms with van der Waals surface area (Å²) in [5.41, 5.74) is 3.26. The lowest BCUT2D eigenvalue weighted by atomic mass is 10.1. The first-order valence-electron chi connectivity index (χ1n) is 8.57. The number of hydrogen-bond donors (Lipinski definition) is 1. The zero-order valence-electron chi connectivity index (χ0n) is 15.1. The Bertz CT molecular complexity index is 1230. The van der Waals surface area contributed by atoms with Crippen LogP contribution in [-0.2, 0) is 16.6 Å². The van der Waals surface area contributed by atoms with Crippen LogP contribution in [0.5, 0.6) is 0 Å². The monoisotopic (exact) mass is 410 g/mol. The Morgan fingerprint density at radius 2 is 1.82 bits per heavy atom. The molecule has 0 aliphatic carbocycles. The molecule has 2 heterocycles. The summed E-state index contributed by atoms with van der Waals surface area (Å²) in [6, 6.07) is 14.7. The van der Waals surface area contributed by atoms with E-state index in [1.165, 1.54) is 17.7 Å². The quantitative estimate of drug-likeness (QED) is 0.543. The molecule has 0 aliphatic rings. The highest BCUT2D eigenvalue weighted by Gasteiger charge is 2.13. The van der Waals surface area contributed by atoms with E-state index in [9.17, 15) is 8.42 Å². The van der Waals surface area contributed by atoms with Gasteiger partial charge in [0.15, 0.2) is 5.82 Å². The second-order valence-corrected chi connectivity index (χ2v) is 9.00. The number of nitrogens with zero attached hydrogens (tertiary/aromatic N) is 3. The van der Waals surface area contributed by atoms with Gasteiger partial charge in [0, 0.05) is 30.7 Å². The fraction of sp³-hybridized carbons (Fsp3) is 0.100. The number of sulfonamides is 1. The Labute approximate surface area is 167 Å². The molecule has 2 N–H and O–H groups in total. The highest BCUT2D eigenvalue weighted by molar-refractivity contribution is 7.89. The van der Waals surface area contributed by atoms with Crippen LogP contribution in [0.4, 0.5) is 0 Å². The summed E-state index contributed by atoms with van der Waals surface area (Å²) < 4.78 is 24.8. The van der Waals surface area contributed by atoms with E-state index >= 15 is 0 Å². The number of hydrogen-bond acceptors (Lipinski definition) is 5. The van der Waals surface area contributed by atoms with Gasteiger partial charge in [0.2, 0.25) is 10.0 Å². The van der Waals surface area contributed by atoms with Gasteiger partial charge in [0.1, 0.15) is 5.01 Å². The number of aryl methyl sites for hydroxylation is 1.